The van der Waals surface area contributed by atoms with E-state index in [0.29, 0.717) is 17.4 Å². The molecular weight excluding hydrogens is 296 g/mol. The first-order valence-electron chi connectivity index (χ1n) is 7.94. The minimum Gasteiger partial charge on any atom is -0.325 e. The second-order valence-corrected chi connectivity index (χ2v) is 7.35. The number of aryl methyl sites for hydroxylation is 1. The van der Waals surface area contributed by atoms with Crippen molar-refractivity contribution in [1.82, 2.24) is 0 Å². The van der Waals surface area contributed by atoms with E-state index in [9.17, 15) is 9.59 Å². The van der Waals surface area contributed by atoms with Crippen molar-refractivity contribution in [2.75, 3.05) is 23.0 Å². The molecule has 1 saturated carbocycles. The van der Waals surface area contributed by atoms with Crippen LogP contribution in [-0.2, 0) is 16.0 Å². The molecule has 1 aromatic rings. The topological polar surface area (TPSA) is 49.4 Å². The highest BCUT2D eigenvalue weighted by Gasteiger charge is 2.21. The Morgan fingerprint density at radius 3 is 2.86 bits per heavy atom. The van der Waals surface area contributed by atoms with Gasteiger partial charge in [-0.15, -0.1) is 11.8 Å². The highest BCUT2D eigenvalue weighted by molar-refractivity contribution is 8.00. The first kappa shape index (κ1) is 15.4. The van der Waals surface area contributed by atoms with Crippen molar-refractivity contribution >= 4 is 35.0 Å². The molecule has 1 N–H and O–H groups in total. The standard InChI is InChI=1S/C17H22N2O2S/c1-19-15-8-7-13(10-12(15)6-9-17(19)21)18-16(20)11-22-14-4-2-3-5-14/h7-8,10,14H,2-6,9,11H2,1H3,(H,18,20). The Labute approximate surface area is 135 Å². The molecule has 0 atom stereocenters. The Kier molecular flexibility index (Phi) is 4.71. The number of hydrogen-bond acceptors (Lipinski definition) is 3. The summed E-state index contributed by atoms with van der Waals surface area (Å²) in [5.74, 6) is 0.745. The zero-order valence-electron chi connectivity index (χ0n) is 12.9. The molecule has 5 heteroatoms. The Morgan fingerprint density at radius 2 is 2.09 bits per heavy atom. The van der Waals surface area contributed by atoms with E-state index in [1.807, 2.05) is 18.2 Å². The van der Waals surface area contributed by atoms with Crippen LogP contribution < -0.4 is 10.2 Å². The fourth-order valence-corrected chi connectivity index (χ4v) is 4.31. The molecule has 0 radical (unpaired) electrons. The van der Waals surface area contributed by atoms with Crippen molar-refractivity contribution in [1.29, 1.82) is 0 Å². The molecule has 1 heterocycles. The van der Waals surface area contributed by atoms with Crippen LogP contribution in [0.5, 0.6) is 0 Å². The second-order valence-electron chi connectivity index (χ2n) is 6.06. The van der Waals surface area contributed by atoms with E-state index in [2.05, 4.69) is 5.32 Å². The van der Waals surface area contributed by atoms with Gasteiger partial charge >= 0.3 is 0 Å². The zero-order chi connectivity index (χ0) is 15.5. The Bertz CT molecular complexity index is 582. The number of nitrogens with one attached hydrogen (secondary N) is 1. The van der Waals surface area contributed by atoms with Gasteiger partial charge in [0.05, 0.1) is 5.75 Å². The third kappa shape index (κ3) is 3.46. The van der Waals surface area contributed by atoms with E-state index >= 15 is 0 Å². The molecule has 1 fully saturated rings. The van der Waals surface area contributed by atoms with Crippen LogP contribution >= 0.6 is 11.8 Å². The quantitative estimate of drug-likeness (QED) is 0.927. The molecular formula is C17H22N2O2S. The maximum Gasteiger partial charge on any atom is 0.234 e. The summed E-state index contributed by atoms with van der Waals surface area (Å²) in [6, 6.07) is 5.80. The summed E-state index contributed by atoms with van der Waals surface area (Å²) in [7, 11) is 1.80. The average molecular weight is 318 g/mol. The van der Waals surface area contributed by atoms with Crippen LogP contribution in [0.2, 0.25) is 0 Å². The maximum atomic E-state index is 12.1. The number of carbonyl (C=O) groups is 2. The lowest BCUT2D eigenvalue weighted by atomic mass is 10.0. The van der Waals surface area contributed by atoms with E-state index in [-0.39, 0.29) is 11.8 Å². The molecule has 2 aliphatic rings. The Morgan fingerprint density at radius 1 is 1.32 bits per heavy atom. The maximum absolute atomic E-state index is 12.1. The van der Waals surface area contributed by atoms with Gasteiger partial charge in [0, 0.05) is 30.1 Å². The van der Waals surface area contributed by atoms with Gasteiger partial charge in [0.25, 0.3) is 0 Å². The number of fused-ring (bicyclic) bond motifs is 1. The van der Waals surface area contributed by atoms with Crippen LogP contribution in [-0.4, -0.2) is 29.9 Å². The van der Waals surface area contributed by atoms with Gasteiger partial charge in [-0.2, -0.15) is 0 Å². The molecule has 1 aromatic carbocycles. The first-order valence-corrected chi connectivity index (χ1v) is 8.99. The molecule has 0 saturated heterocycles. The summed E-state index contributed by atoms with van der Waals surface area (Å²) in [6.45, 7) is 0. The highest BCUT2D eigenvalue weighted by atomic mass is 32.2. The number of rotatable bonds is 4. The molecule has 118 valence electrons. The predicted molar refractivity (Wildman–Crippen MR) is 91.5 cm³/mol. The number of benzene rings is 1. The Balaban J connectivity index is 1.58. The van der Waals surface area contributed by atoms with Gasteiger partial charge in [0.2, 0.25) is 11.8 Å². The number of nitrogens with zero attached hydrogens (tertiary/aromatic N) is 1. The molecule has 3 rings (SSSR count). The highest BCUT2D eigenvalue weighted by Crippen LogP contribution is 2.31. The second kappa shape index (κ2) is 6.73. The molecule has 1 aliphatic heterocycles. The van der Waals surface area contributed by atoms with Crippen molar-refractivity contribution in [2.45, 2.75) is 43.8 Å². The first-order chi connectivity index (χ1) is 10.6. The van der Waals surface area contributed by atoms with E-state index in [0.717, 1.165) is 23.4 Å². The number of amides is 2. The van der Waals surface area contributed by atoms with Crippen molar-refractivity contribution in [3.8, 4) is 0 Å². The number of hydrogen-bond donors (Lipinski definition) is 1. The molecule has 0 spiro atoms. The summed E-state index contributed by atoms with van der Waals surface area (Å²) >= 11 is 1.78. The summed E-state index contributed by atoms with van der Waals surface area (Å²) < 4.78 is 0. The molecule has 4 nitrogen and oxygen atoms in total. The molecule has 0 unspecified atom stereocenters. The predicted octanol–water partition coefficient (Wildman–Crippen LogP) is 3.21. The smallest absolute Gasteiger partial charge is 0.234 e. The lowest BCUT2D eigenvalue weighted by molar-refractivity contribution is -0.118. The summed E-state index contributed by atoms with van der Waals surface area (Å²) in [4.78, 5) is 25.4. The number of anilines is 2. The number of thioether (sulfide) groups is 1. The summed E-state index contributed by atoms with van der Waals surface area (Å²) in [6.07, 6.45) is 6.39. The van der Waals surface area contributed by atoms with Gasteiger partial charge in [-0.1, -0.05) is 12.8 Å². The molecule has 0 aromatic heterocycles. The fraction of sp³-hybridized carbons (Fsp3) is 0.529. The van der Waals surface area contributed by atoms with Gasteiger partial charge in [-0.3, -0.25) is 9.59 Å². The van der Waals surface area contributed by atoms with Crippen molar-refractivity contribution in [3.05, 3.63) is 23.8 Å². The van der Waals surface area contributed by atoms with E-state index in [1.54, 1.807) is 23.7 Å². The van der Waals surface area contributed by atoms with Gasteiger partial charge in [0.15, 0.2) is 0 Å². The van der Waals surface area contributed by atoms with Gasteiger partial charge in [-0.05, 0) is 43.0 Å². The number of carbonyl (C=O) groups excluding carboxylic acids is 2. The lowest BCUT2D eigenvalue weighted by Crippen LogP contribution is -2.31. The molecule has 22 heavy (non-hydrogen) atoms. The largest absolute Gasteiger partial charge is 0.325 e. The Hall–Kier alpha value is -1.49. The van der Waals surface area contributed by atoms with E-state index < -0.39 is 0 Å². The minimum atomic E-state index is 0.0668. The third-order valence-corrected chi connectivity index (χ3v) is 5.83. The SMILES string of the molecule is CN1C(=O)CCc2cc(NC(=O)CSC3CCCC3)ccc21. The van der Waals surface area contributed by atoms with Gasteiger partial charge in [0.1, 0.15) is 0 Å². The van der Waals surface area contributed by atoms with Crippen LogP contribution in [0.4, 0.5) is 11.4 Å². The van der Waals surface area contributed by atoms with Crippen LogP contribution in [0.25, 0.3) is 0 Å². The third-order valence-electron chi connectivity index (χ3n) is 4.46. The minimum absolute atomic E-state index is 0.0668. The molecule has 1 aliphatic carbocycles. The van der Waals surface area contributed by atoms with Crippen molar-refractivity contribution in [2.24, 2.45) is 0 Å². The van der Waals surface area contributed by atoms with Crippen LogP contribution in [0.15, 0.2) is 18.2 Å². The van der Waals surface area contributed by atoms with Crippen LogP contribution in [0.1, 0.15) is 37.7 Å². The fourth-order valence-electron chi connectivity index (χ4n) is 3.18. The summed E-state index contributed by atoms with van der Waals surface area (Å²) in [5.41, 5.74) is 2.91. The zero-order valence-corrected chi connectivity index (χ0v) is 13.7. The van der Waals surface area contributed by atoms with Crippen molar-refractivity contribution < 1.29 is 9.59 Å². The van der Waals surface area contributed by atoms with Crippen LogP contribution in [0.3, 0.4) is 0 Å². The normalized spacial score (nSPS) is 18.4. The lowest BCUT2D eigenvalue weighted by Gasteiger charge is -2.26. The van der Waals surface area contributed by atoms with Gasteiger partial charge < -0.3 is 10.2 Å². The average Bonchev–Trinajstić information content (AvgIpc) is 3.02. The molecule has 2 amide bonds. The van der Waals surface area contributed by atoms with Gasteiger partial charge in [-0.25, -0.2) is 0 Å². The monoisotopic (exact) mass is 318 g/mol. The molecule has 0 bridgehead atoms. The summed E-state index contributed by atoms with van der Waals surface area (Å²) in [5, 5.41) is 3.64. The van der Waals surface area contributed by atoms with Crippen LogP contribution in [0, 0.1) is 0 Å². The van der Waals surface area contributed by atoms with E-state index in [4.69, 9.17) is 0 Å². The van der Waals surface area contributed by atoms with E-state index in [1.165, 1.54) is 25.7 Å². The van der Waals surface area contributed by atoms with Crippen molar-refractivity contribution in [3.63, 3.8) is 0 Å².